The van der Waals surface area contributed by atoms with Gasteiger partial charge < -0.3 is 15.6 Å². The molecule has 6 nitrogen and oxygen atoms in total. The molecule has 3 aromatic rings. The van der Waals surface area contributed by atoms with E-state index < -0.39 is 5.54 Å². The average molecular weight is 388 g/mol. The van der Waals surface area contributed by atoms with Gasteiger partial charge in [0.25, 0.3) is 5.91 Å². The number of rotatable bonds is 3. The zero-order valence-corrected chi connectivity index (χ0v) is 16.6. The highest BCUT2D eigenvalue weighted by atomic mass is 16.5. The smallest absolute Gasteiger partial charge is 0.254 e. The minimum absolute atomic E-state index is 0.0243. The van der Waals surface area contributed by atoms with E-state index in [2.05, 4.69) is 21.4 Å². The Balaban J connectivity index is 1.76. The maximum atomic E-state index is 13.6. The molecule has 0 bridgehead atoms. The van der Waals surface area contributed by atoms with Gasteiger partial charge in [-0.3, -0.25) is 9.69 Å². The van der Waals surface area contributed by atoms with E-state index in [-0.39, 0.29) is 11.9 Å². The van der Waals surface area contributed by atoms with E-state index in [1.54, 1.807) is 0 Å². The van der Waals surface area contributed by atoms with Gasteiger partial charge in [0, 0.05) is 35.9 Å². The second-order valence-electron chi connectivity index (χ2n) is 7.98. The Morgan fingerprint density at radius 1 is 1.21 bits per heavy atom. The zero-order chi connectivity index (χ0) is 20.2. The van der Waals surface area contributed by atoms with Gasteiger partial charge in [-0.25, -0.2) is 0 Å². The number of hydrogen-bond donors (Lipinski definition) is 2. The average Bonchev–Trinajstić information content (AvgIpc) is 3.38. The Bertz CT molecular complexity index is 1070. The van der Waals surface area contributed by atoms with Crippen LogP contribution in [-0.4, -0.2) is 35.1 Å². The predicted octanol–water partition coefficient (Wildman–Crippen LogP) is 3.19. The molecule has 0 radical (unpaired) electrons. The summed E-state index contributed by atoms with van der Waals surface area (Å²) in [5, 5.41) is 7.22. The molecule has 29 heavy (non-hydrogen) atoms. The first kappa shape index (κ1) is 18.1. The lowest BCUT2D eigenvalue weighted by atomic mass is 9.81. The van der Waals surface area contributed by atoms with Crippen LogP contribution in [0.15, 0.2) is 53.1 Å². The highest BCUT2D eigenvalue weighted by molar-refractivity contribution is 6.09. The van der Waals surface area contributed by atoms with E-state index in [0.29, 0.717) is 6.54 Å². The summed E-state index contributed by atoms with van der Waals surface area (Å²) in [6, 6.07) is 16.2. The SMILES string of the molecule is Cc1noc(C)c1-c1ccc2c(c1)C(c1ccccc1)(N1CC[C@@H](N)C1)C(=O)N2. The Labute approximate surface area is 169 Å². The minimum Gasteiger partial charge on any atom is -0.361 e. The lowest BCUT2D eigenvalue weighted by Crippen LogP contribution is -2.51. The van der Waals surface area contributed by atoms with Gasteiger partial charge in [-0.15, -0.1) is 0 Å². The molecular formula is C23H24N4O2. The van der Waals surface area contributed by atoms with Crippen molar-refractivity contribution in [1.29, 1.82) is 0 Å². The van der Waals surface area contributed by atoms with Crippen LogP contribution in [0, 0.1) is 13.8 Å². The van der Waals surface area contributed by atoms with Gasteiger partial charge in [-0.2, -0.15) is 0 Å². The first-order valence-corrected chi connectivity index (χ1v) is 9.97. The fourth-order valence-electron chi connectivity index (χ4n) is 4.89. The Morgan fingerprint density at radius 3 is 2.66 bits per heavy atom. The molecule has 2 aliphatic heterocycles. The number of nitrogens with zero attached hydrogens (tertiary/aromatic N) is 2. The zero-order valence-electron chi connectivity index (χ0n) is 16.6. The van der Waals surface area contributed by atoms with Crippen LogP contribution in [0.5, 0.6) is 0 Å². The summed E-state index contributed by atoms with van der Waals surface area (Å²) in [5.74, 6) is 0.747. The van der Waals surface area contributed by atoms with E-state index in [9.17, 15) is 4.79 Å². The second-order valence-corrected chi connectivity index (χ2v) is 7.98. The molecule has 2 aliphatic rings. The number of nitrogens with one attached hydrogen (secondary N) is 1. The topological polar surface area (TPSA) is 84.4 Å². The van der Waals surface area contributed by atoms with E-state index in [4.69, 9.17) is 10.3 Å². The van der Waals surface area contributed by atoms with Crippen molar-refractivity contribution in [3.05, 3.63) is 71.1 Å². The van der Waals surface area contributed by atoms with Crippen molar-refractivity contribution < 1.29 is 9.32 Å². The van der Waals surface area contributed by atoms with Gasteiger partial charge in [0.2, 0.25) is 0 Å². The number of amides is 1. The van der Waals surface area contributed by atoms with Gasteiger partial charge in [0.05, 0.1) is 5.69 Å². The third-order valence-electron chi connectivity index (χ3n) is 6.20. The molecule has 1 saturated heterocycles. The van der Waals surface area contributed by atoms with E-state index in [1.807, 2.05) is 56.3 Å². The van der Waals surface area contributed by atoms with Crippen LogP contribution in [0.3, 0.4) is 0 Å². The lowest BCUT2D eigenvalue weighted by Gasteiger charge is -2.37. The Morgan fingerprint density at radius 2 is 2.00 bits per heavy atom. The number of carbonyl (C=O) groups is 1. The molecule has 1 unspecified atom stereocenters. The maximum absolute atomic E-state index is 13.6. The number of likely N-dealkylation sites (tertiary alicyclic amines) is 1. The molecule has 2 atom stereocenters. The van der Waals surface area contributed by atoms with Crippen molar-refractivity contribution in [3.8, 4) is 11.1 Å². The van der Waals surface area contributed by atoms with E-state index in [0.717, 1.165) is 52.4 Å². The molecule has 3 heterocycles. The molecule has 0 spiro atoms. The highest BCUT2D eigenvalue weighted by Gasteiger charge is 2.54. The number of nitrogens with two attached hydrogens (primary N) is 1. The predicted molar refractivity (Wildman–Crippen MR) is 111 cm³/mol. The number of hydrogen-bond acceptors (Lipinski definition) is 5. The molecule has 1 amide bonds. The summed E-state index contributed by atoms with van der Waals surface area (Å²) in [6.45, 7) is 5.30. The van der Waals surface area contributed by atoms with Crippen LogP contribution in [0.4, 0.5) is 5.69 Å². The summed E-state index contributed by atoms with van der Waals surface area (Å²) in [4.78, 5) is 15.8. The van der Waals surface area contributed by atoms with E-state index >= 15 is 0 Å². The van der Waals surface area contributed by atoms with E-state index in [1.165, 1.54) is 0 Å². The van der Waals surface area contributed by atoms with Crippen LogP contribution in [0.2, 0.25) is 0 Å². The standard InChI is InChI=1S/C23H24N4O2/c1-14-21(15(2)29-26-14)16-8-9-20-19(12-16)23(22(28)25-20,17-6-4-3-5-7-17)27-11-10-18(24)13-27/h3-9,12,18H,10-11,13,24H2,1-2H3,(H,25,28)/t18-,23?/m1/s1. The summed E-state index contributed by atoms with van der Waals surface area (Å²) in [6.07, 6.45) is 0.876. The second kappa shape index (κ2) is 6.54. The first-order valence-electron chi connectivity index (χ1n) is 9.97. The fraction of sp³-hybridized carbons (Fsp3) is 0.304. The molecule has 0 aliphatic carbocycles. The van der Waals surface area contributed by atoms with Gasteiger partial charge in [-0.05, 0) is 43.5 Å². The summed E-state index contributed by atoms with van der Waals surface area (Å²) >= 11 is 0. The number of aryl methyl sites for hydroxylation is 2. The number of aromatic nitrogens is 1. The highest BCUT2D eigenvalue weighted by Crippen LogP contribution is 2.48. The van der Waals surface area contributed by atoms with Crippen molar-refractivity contribution >= 4 is 11.6 Å². The quantitative estimate of drug-likeness (QED) is 0.720. The molecule has 2 aromatic carbocycles. The maximum Gasteiger partial charge on any atom is 0.254 e. The monoisotopic (exact) mass is 388 g/mol. The van der Waals surface area contributed by atoms with Crippen molar-refractivity contribution in [1.82, 2.24) is 10.1 Å². The van der Waals surface area contributed by atoms with Gasteiger partial charge in [0.1, 0.15) is 5.76 Å². The molecule has 148 valence electrons. The molecular weight excluding hydrogens is 364 g/mol. The molecule has 1 aromatic heterocycles. The number of anilines is 1. The van der Waals surface area contributed by atoms with Crippen LogP contribution in [0.25, 0.3) is 11.1 Å². The number of benzene rings is 2. The third kappa shape index (κ3) is 2.56. The van der Waals surface area contributed by atoms with Gasteiger partial charge in [0.15, 0.2) is 5.54 Å². The summed E-state index contributed by atoms with van der Waals surface area (Å²) < 4.78 is 5.38. The van der Waals surface area contributed by atoms with Crippen LogP contribution < -0.4 is 11.1 Å². The number of carbonyl (C=O) groups excluding carboxylic acids is 1. The molecule has 5 rings (SSSR count). The molecule has 1 fully saturated rings. The first-order chi connectivity index (χ1) is 14.0. The van der Waals surface area contributed by atoms with Gasteiger partial charge in [-0.1, -0.05) is 41.6 Å². The molecule has 0 saturated carbocycles. The van der Waals surface area contributed by atoms with Crippen LogP contribution in [0.1, 0.15) is 29.0 Å². The number of fused-ring (bicyclic) bond motifs is 1. The van der Waals surface area contributed by atoms with Crippen LogP contribution >= 0.6 is 0 Å². The van der Waals surface area contributed by atoms with Crippen molar-refractivity contribution in [3.63, 3.8) is 0 Å². The largest absolute Gasteiger partial charge is 0.361 e. The minimum atomic E-state index is -0.889. The van der Waals surface area contributed by atoms with Gasteiger partial charge >= 0.3 is 0 Å². The van der Waals surface area contributed by atoms with Crippen molar-refractivity contribution in [2.45, 2.75) is 31.8 Å². The van der Waals surface area contributed by atoms with Crippen molar-refractivity contribution in [2.75, 3.05) is 18.4 Å². The normalized spacial score (nSPS) is 24.0. The van der Waals surface area contributed by atoms with Crippen molar-refractivity contribution in [2.24, 2.45) is 5.73 Å². The van der Waals surface area contributed by atoms with Crippen LogP contribution in [-0.2, 0) is 10.3 Å². The fourth-order valence-corrected chi connectivity index (χ4v) is 4.89. The summed E-state index contributed by atoms with van der Waals surface area (Å²) in [7, 11) is 0. The third-order valence-corrected chi connectivity index (χ3v) is 6.20. The molecule has 6 heteroatoms. The summed E-state index contributed by atoms with van der Waals surface area (Å²) in [5.41, 5.74) is 10.9. The Hall–Kier alpha value is -2.96. The molecule has 3 N–H and O–H groups in total. The lowest BCUT2D eigenvalue weighted by molar-refractivity contribution is -0.124. The Kier molecular flexibility index (Phi) is 4.08.